The van der Waals surface area contributed by atoms with E-state index in [4.69, 9.17) is 11.6 Å². The quantitative estimate of drug-likeness (QED) is 0.546. The summed E-state index contributed by atoms with van der Waals surface area (Å²) < 4.78 is 3.15. The van der Waals surface area contributed by atoms with Crippen LogP contribution in [0.3, 0.4) is 0 Å². The fourth-order valence-corrected chi connectivity index (χ4v) is 3.96. The number of hydrogen-bond donors (Lipinski definition) is 1. The average Bonchev–Trinajstić information content (AvgIpc) is 3.05. The lowest BCUT2D eigenvalue weighted by atomic mass is 10.1. The Hall–Kier alpha value is -3.12. The molecule has 0 aliphatic rings. The minimum atomic E-state index is -0.522. The molecule has 1 atom stereocenters. The van der Waals surface area contributed by atoms with Gasteiger partial charge in [-0.3, -0.25) is 9.59 Å². The van der Waals surface area contributed by atoms with Crippen LogP contribution < -0.4 is 10.9 Å². The highest BCUT2D eigenvalue weighted by atomic mass is 35.5. The van der Waals surface area contributed by atoms with Gasteiger partial charge in [-0.2, -0.15) is 5.10 Å². The van der Waals surface area contributed by atoms with Gasteiger partial charge in [0.1, 0.15) is 11.6 Å². The van der Waals surface area contributed by atoms with Gasteiger partial charge in [0, 0.05) is 29.4 Å². The first kappa shape index (κ1) is 19.2. The van der Waals surface area contributed by atoms with Crippen molar-refractivity contribution in [3.63, 3.8) is 0 Å². The van der Waals surface area contributed by atoms with Crippen LogP contribution >= 0.6 is 11.6 Å². The second-order valence-corrected chi connectivity index (χ2v) is 7.43. The van der Waals surface area contributed by atoms with Gasteiger partial charge in [-0.1, -0.05) is 48.9 Å². The first-order valence-electron chi connectivity index (χ1n) is 9.48. The highest BCUT2D eigenvalue weighted by Crippen LogP contribution is 2.30. The normalized spacial score (nSPS) is 12.4. The number of fused-ring (bicyclic) bond motifs is 3. The molecule has 6 nitrogen and oxygen atoms in total. The molecule has 0 radical (unpaired) electrons. The minimum Gasteiger partial charge on any atom is -0.350 e. The van der Waals surface area contributed by atoms with Crippen LogP contribution in [0.25, 0.3) is 21.8 Å². The van der Waals surface area contributed by atoms with Crippen molar-refractivity contribution in [3.8, 4) is 0 Å². The summed E-state index contributed by atoms with van der Waals surface area (Å²) in [6.07, 6.45) is 2.23. The molecule has 0 spiro atoms. The Balaban J connectivity index is 1.79. The van der Waals surface area contributed by atoms with Crippen LogP contribution in [0, 0.1) is 0 Å². The van der Waals surface area contributed by atoms with Gasteiger partial charge in [0.25, 0.3) is 5.56 Å². The van der Waals surface area contributed by atoms with Gasteiger partial charge < -0.3 is 9.88 Å². The van der Waals surface area contributed by atoms with Crippen LogP contribution in [0.1, 0.15) is 24.9 Å². The third kappa shape index (κ3) is 3.40. The maximum Gasteiger partial charge on any atom is 0.291 e. The number of carbonyl (C=O) groups is 1. The Labute approximate surface area is 172 Å². The maximum atomic E-state index is 13.1. The fourth-order valence-electron chi connectivity index (χ4n) is 3.75. The summed E-state index contributed by atoms with van der Waals surface area (Å²) in [6, 6.07) is 14.6. The largest absolute Gasteiger partial charge is 0.350 e. The number of aryl methyl sites for hydroxylation is 1. The van der Waals surface area contributed by atoms with Crippen molar-refractivity contribution >= 4 is 39.3 Å². The number of amides is 1. The lowest BCUT2D eigenvalue weighted by Gasteiger charge is -2.19. The standard InChI is InChI=1S/C22H21ClN4O2/c1-3-18(21(28)24-12-14-7-6-8-15(23)11-14)27-19-10-5-4-9-16(19)17-13-25-26(2)22(29)20(17)27/h4-11,13,18H,3,12H2,1-2H3,(H,24,28)/t18-/m1/s1. The van der Waals surface area contributed by atoms with E-state index >= 15 is 0 Å². The highest BCUT2D eigenvalue weighted by molar-refractivity contribution is 6.30. The van der Waals surface area contributed by atoms with Crippen molar-refractivity contribution in [3.05, 3.63) is 75.7 Å². The van der Waals surface area contributed by atoms with E-state index in [1.54, 1.807) is 19.3 Å². The number of para-hydroxylation sites is 1. The maximum absolute atomic E-state index is 13.1. The van der Waals surface area contributed by atoms with Gasteiger partial charge in [0.15, 0.2) is 0 Å². The van der Waals surface area contributed by atoms with E-state index in [0.29, 0.717) is 23.5 Å². The SMILES string of the molecule is CC[C@H](C(=O)NCc1cccc(Cl)c1)n1c2ccccc2c2cnn(C)c(=O)c21. The zero-order valence-electron chi connectivity index (χ0n) is 16.2. The highest BCUT2D eigenvalue weighted by Gasteiger charge is 2.25. The third-order valence-electron chi connectivity index (χ3n) is 5.16. The number of benzene rings is 2. The van der Waals surface area contributed by atoms with Crippen LogP contribution in [-0.4, -0.2) is 20.3 Å². The fraction of sp³-hybridized carbons (Fsp3) is 0.227. The van der Waals surface area contributed by atoms with Gasteiger partial charge in [0.2, 0.25) is 5.91 Å². The van der Waals surface area contributed by atoms with Gasteiger partial charge in [-0.25, -0.2) is 4.68 Å². The van der Waals surface area contributed by atoms with Crippen LogP contribution in [0.2, 0.25) is 5.02 Å². The monoisotopic (exact) mass is 408 g/mol. The van der Waals surface area contributed by atoms with E-state index < -0.39 is 6.04 Å². The van der Waals surface area contributed by atoms with Crippen molar-refractivity contribution in [1.29, 1.82) is 0 Å². The first-order valence-corrected chi connectivity index (χ1v) is 9.86. The predicted octanol–water partition coefficient (Wildman–Crippen LogP) is 3.81. The average molecular weight is 409 g/mol. The number of hydrogen-bond acceptors (Lipinski definition) is 3. The van der Waals surface area contributed by atoms with E-state index in [1.807, 2.05) is 54.0 Å². The van der Waals surface area contributed by atoms with E-state index in [0.717, 1.165) is 21.9 Å². The van der Waals surface area contributed by atoms with E-state index in [1.165, 1.54) is 4.68 Å². The number of nitrogens with zero attached hydrogens (tertiary/aromatic N) is 3. The Morgan fingerprint density at radius 2 is 1.97 bits per heavy atom. The van der Waals surface area contributed by atoms with Crippen LogP contribution in [0.5, 0.6) is 0 Å². The zero-order chi connectivity index (χ0) is 20.5. The van der Waals surface area contributed by atoms with Gasteiger partial charge in [-0.05, 0) is 30.2 Å². The lowest BCUT2D eigenvalue weighted by molar-refractivity contribution is -0.124. The Bertz CT molecular complexity index is 1280. The molecule has 4 aromatic rings. The molecule has 1 N–H and O–H groups in total. The molecule has 7 heteroatoms. The molecular formula is C22H21ClN4O2. The second kappa shape index (κ2) is 7.72. The summed E-state index contributed by atoms with van der Waals surface area (Å²) in [7, 11) is 1.62. The molecule has 2 aromatic carbocycles. The molecule has 2 heterocycles. The molecule has 0 aliphatic heterocycles. The summed E-state index contributed by atoms with van der Waals surface area (Å²) in [5.41, 5.74) is 2.04. The molecule has 0 fully saturated rings. The summed E-state index contributed by atoms with van der Waals surface area (Å²) in [6.45, 7) is 2.31. The Morgan fingerprint density at radius 1 is 1.17 bits per heavy atom. The number of aromatic nitrogens is 3. The summed E-state index contributed by atoms with van der Waals surface area (Å²) in [5, 5.41) is 9.44. The van der Waals surface area contributed by atoms with Crippen molar-refractivity contribution in [2.45, 2.75) is 25.9 Å². The summed E-state index contributed by atoms with van der Waals surface area (Å²) >= 11 is 6.03. The molecule has 0 saturated carbocycles. The third-order valence-corrected chi connectivity index (χ3v) is 5.40. The zero-order valence-corrected chi connectivity index (χ0v) is 17.0. The summed E-state index contributed by atoms with van der Waals surface area (Å²) in [5.74, 6) is -0.144. The molecule has 0 bridgehead atoms. The van der Waals surface area contributed by atoms with Crippen LogP contribution in [0.15, 0.2) is 59.5 Å². The molecule has 148 valence electrons. The smallest absolute Gasteiger partial charge is 0.291 e. The van der Waals surface area contributed by atoms with Crippen LogP contribution in [-0.2, 0) is 18.4 Å². The molecule has 0 unspecified atom stereocenters. The van der Waals surface area contributed by atoms with Crippen molar-refractivity contribution in [1.82, 2.24) is 19.7 Å². The van der Waals surface area contributed by atoms with E-state index in [-0.39, 0.29) is 11.5 Å². The lowest BCUT2D eigenvalue weighted by Crippen LogP contribution is -2.33. The Kier molecular flexibility index (Phi) is 5.11. The van der Waals surface area contributed by atoms with Gasteiger partial charge in [-0.15, -0.1) is 0 Å². The number of halogens is 1. The molecule has 0 aliphatic carbocycles. The minimum absolute atomic E-state index is 0.144. The number of carbonyl (C=O) groups excluding carboxylic acids is 1. The topological polar surface area (TPSA) is 68.9 Å². The van der Waals surface area contributed by atoms with Gasteiger partial charge in [0.05, 0.1) is 11.7 Å². The molecule has 4 rings (SSSR count). The molecule has 0 saturated heterocycles. The first-order chi connectivity index (χ1) is 14.0. The number of rotatable bonds is 5. The van der Waals surface area contributed by atoms with Crippen molar-refractivity contribution in [2.75, 3.05) is 0 Å². The molecule has 1 amide bonds. The molecular weight excluding hydrogens is 388 g/mol. The summed E-state index contributed by atoms with van der Waals surface area (Å²) in [4.78, 5) is 26.0. The van der Waals surface area contributed by atoms with Crippen LogP contribution in [0.4, 0.5) is 0 Å². The number of nitrogens with one attached hydrogen (secondary N) is 1. The van der Waals surface area contributed by atoms with Crippen molar-refractivity contribution < 1.29 is 4.79 Å². The second-order valence-electron chi connectivity index (χ2n) is 6.99. The van der Waals surface area contributed by atoms with E-state index in [9.17, 15) is 9.59 Å². The molecule has 2 aromatic heterocycles. The molecule has 29 heavy (non-hydrogen) atoms. The van der Waals surface area contributed by atoms with E-state index in [2.05, 4.69) is 10.4 Å². The predicted molar refractivity (Wildman–Crippen MR) is 115 cm³/mol. The Morgan fingerprint density at radius 3 is 2.72 bits per heavy atom. The van der Waals surface area contributed by atoms with Gasteiger partial charge >= 0.3 is 0 Å². The van der Waals surface area contributed by atoms with Crippen molar-refractivity contribution in [2.24, 2.45) is 7.05 Å².